The number of anilines is 1. The Kier molecular flexibility index (Phi) is 5.32. The second kappa shape index (κ2) is 6.53. The summed E-state index contributed by atoms with van der Waals surface area (Å²) in [6, 6.07) is 0. The van der Waals surface area contributed by atoms with E-state index in [-0.39, 0.29) is 0 Å². The van der Waals surface area contributed by atoms with Crippen molar-refractivity contribution < 1.29 is 4.74 Å². The van der Waals surface area contributed by atoms with Gasteiger partial charge in [-0.15, -0.1) is 0 Å². The van der Waals surface area contributed by atoms with Crippen LogP contribution in [0.3, 0.4) is 0 Å². The van der Waals surface area contributed by atoms with Gasteiger partial charge >= 0.3 is 0 Å². The van der Waals surface area contributed by atoms with Crippen LogP contribution < -0.4 is 5.32 Å². The molecule has 0 atom stereocenters. The van der Waals surface area contributed by atoms with Gasteiger partial charge in [-0.1, -0.05) is 13.8 Å². The molecule has 92 valence electrons. The zero-order valence-electron chi connectivity index (χ0n) is 10.8. The van der Waals surface area contributed by atoms with Gasteiger partial charge < -0.3 is 14.6 Å². The zero-order valence-corrected chi connectivity index (χ0v) is 10.8. The van der Waals surface area contributed by atoms with Crippen LogP contribution in [0, 0.1) is 12.8 Å². The largest absolute Gasteiger partial charge is 0.380 e. The summed E-state index contributed by atoms with van der Waals surface area (Å²) in [4.78, 5) is 4.35. The highest BCUT2D eigenvalue weighted by Crippen LogP contribution is 2.07. The van der Waals surface area contributed by atoms with Crippen LogP contribution in [0.1, 0.15) is 26.0 Å². The van der Waals surface area contributed by atoms with E-state index >= 15 is 0 Å². The highest BCUT2D eigenvalue weighted by molar-refractivity contribution is 5.27. The van der Waals surface area contributed by atoms with Crippen molar-refractivity contribution in [2.24, 2.45) is 5.92 Å². The van der Waals surface area contributed by atoms with E-state index in [9.17, 15) is 0 Å². The lowest BCUT2D eigenvalue weighted by atomic mass is 10.1. The molecule has 0 amide bonds. The van der Waals surface area contributed by atoms with Crippen LogP contribution in [0.5, 0.6) is 0 Å². The Bertz CT molecular complexity index is 307. The number of rotatable bonds is 7. The van der Waals surface area contributed by atoms with Gasteiger partial charge in [0.1, 0.15) is 0 Å². The normalized spacial score (nSPS) is 11.1. The van der Waals surface area contributed by atoms with Crippen molar-refractivity contribution in [3.63, 3.8) is 0 Å². The molecule has 1 heterocycles. The third kappa shape index (κ3) is 4.23. The average molecular weight is 225 g/mol. The summed E-state index contributed by atoms with van der Waals surface area (Å²) >= 11 is 0. The van der Waals surface area contributed by atoms with E-state index in [4.69, 9.17) is 4.74 Å². The molecule has 0 radical (unpaired) electrons. The molecule has 0 bridgehead atoms. The van der Waals surface area contributed by atoms with Gasteiger partial charge in [0.05, 0.1) is 12.3 Å². The second-order valence-corrected chi connectivity index (χ2v) is 4.44. The Morgan fingerprint density at radius 2 is 2.19 bits per heavy atom. The molecule has 0 fully saturated rings. The average Bonchev–Trinajstić information content (AvgIpc) is 2.58. The first-order chi connectivity index (χ1) is 7.63. The molecule has 4 heteroatoms. The number of aromatic nitrogens is 2. The fourth-order valence-electron chi connectivity index (χ4n) is 1.50. The Morgan fingerprint density at radius 1 is 1.44 bits per heavy atom. The van der Waals surface area contributed by atoms with Crippen molar-refractivity contribution in [2.75, 3.05) is 25.6 Å². The van der Waals surface area contributed by atoms with Gasteiger partial charge in [-0.3, -0.25) is 0 Å². The molecule has 1 aromatic heterocycles. The summed E-state index contributed by atoms with van der Waals surface area (Å²) in [6.45, 7) is 8.87. The molecule has 0 aromatic carbocycles. The van der Waals surface area contributed by atoms with Crippen LogP contribution in [0.25, 0.3) is 0 Å². The fraction of sp³-hybridized carbons (Fsp3) is 0.750. The summed E-state index contributed by atoms with van der Waals surface area (Å²) in [6.07, 6.45) is 3.17. The molecule has 1 rings (SSSR count). The van der Waals surface area contributed by atoms with E-state index in [0.717, 1.165) is 37.8 Å². The molecule has 0 saturated heterocycles. The van der Waals surface area contributed by atoms with Crippen molar-refractivity contribution in [1.82, 2.24) is 9.55 Å². The number of aryl methyl sites for hydroxylation is 1. The minimum absolute atomic E-state index is 0.711. The maximum Gasteiger partial charge on any atom is 0.202 e. The maximum atomic E-state index is 5.58. The Labute approximate surface area is 98.0 Å². The minimum Gasteiger partial charge on any atom is -0.380 e. The Morgan fingerprint density at radius 3 is 2.81 bits per heavy atom. The predicted octanol–water partition coefficient (Wildman–Crippen LogP) is 2.30. The van der Waals surface area contributed by atoms with E-state index < -0.39 is 0 Å². The molecule has 4 nitrogen and oxygen atoms in total. The molecular formula is C12H23N3O. The van der Waals surface area contributed by atoms with Crippen LogP contribution >= 0.6 is 0 Å². The lowest BCUT2D eigenvalue weighted by molar-refractivity contribution is 0.116. The molecule has 0 spiro atoms. The summed E-state index contributed by atoms with van der Waals surface area (Å²) in [7, 11) is 1.89. The first kappa shape index (κ1) is 13.0. The standard InChI is InChI=1S/C12H23N3O/c1-10(2)5-7-16-8-6-15-9-11(3)14-12(15)13-4/h9-10H,5-8H2,1-4H3,(H,13,14). The second-order valence-electron chi connectivity index (χ2n) is 4.44. The van der Waals surface area contributed by atoms with Gasteiger partial charge in [0, 0.05) is 26.4 Å². The molecule has 0 aliphatic carbocycles. The van der Waals surface area contributed by atoms with Crippen molar-refractivity contribution in [3.8, 4) is 0 Å². The van der Waals surface area contributed by atoms with Crippen molar-refractivity contribution in [2.45, 2.75) is 33.7 Å². The third-order valence-electron chi connectivity index (χ3n) is 2.44. The fourth-order valence-corrected chi connectivity index (χ4v) is 1.50. The van der Waals surface area contributed by atoms with Gasteiger partial charge in [-0.2, -0.15) is 0 Å². The number of hydrogen-bond donors (Lipinski definition) is 1. The monoisotopic (exact) mass is 225 g/mol. The quantitative estimate of drug-likeness (QED) is 0.724. The van der Waals surface area contributed by atoms with E-state index in [1.165, 1.54) is 0 Å². The Hall–Kier alpha value is -1.03. The van der Waals surface area contributed by atoms with Crippen LogP contribution in [0.15, 0.2) is 6.20 Å². The molecular weight excluding hydrogens is 202 g/mol. The van der Waals surface area contributed by atoms with Crippen LogP contribution in [-0.2, 0) is 11.3 Å². The van der Waals surface area contributed by atoms with E-state index in [2.05, 4.69) is 28.7 Å². The number of ether oxygens (including phenoxy) is 1. The van der Waals surface area contributed by atoms with Crippen LogP contribution in [0.4, 0.5) is 5.95 Å². The SMILES string of the molecule is CNc1nc(C)cn1CCOCCC(C)C. The molecule has 0 aliphatic rings. The topological polar surface area (TPSA) is 39.1 Å². The third-order valence-corrected chi connectivity index (χ3v) is 2.44. The minimum atomic E-state index is 0.711. The van der Waals surface area contributed by atoms with Gasteiger partial charge in [-0.25, -0.2) is 4.98 Å². The highest BCUT2D eigenvalue weighted by atomic mass is 16.5. The molecule has 0 aliphatic heterocycles. The van der Waals surface area contributed by atoms with Crippen LogP contribution in [-0.4, -0.2) is 29.8 Å². The van der Waals surface area contributed by atoms with Crippen molar-refractivity contribution in [3.05, 3.63) is 11.9 Å². The van der Waals surface area contributed by atoms with Gasteiger partial charge in [0.15, 0.2) is 0 Å². The van der Waals surface area contributed by atoms with E-state index in [1.54, 1.807) is 0 Å². The smallest absolute Gasteiger partial charge is 0.202 e. The van der Waals surface area contributed by atoms with Gasteiger partial charge in [0.25, 0.3) is 0 Å². The van der Waals surface area contributed by atoms with E-state index in [1.807, 2.05) is 20.2 Å². The number of nitrogens with zero attached hydrogens (tertiary/aromatic N) is 2. The summed E-state index contributed by atoms with van der Waals surface area (Å²) in [5, 5.41) is 3.07. The molecule has 0 saturated carbocycles. The summed E-state index contributed by atoms with van der Waals surface area (Å²) in [5.74, 6) is 1.62. The number of hydrogen-bond acceptors (Lipinski definition) is 3. The zero-order chi connectivity index (χ0) is 12.0. The summed E-state index contributed by atoms with van der Waals surface area (Å²) < 4.78 is 7.67. The molecule has 16 heavy (non-hydrogen) atoms. The van der Waals surface area contributed by atoms with E-state index in [0.29, 0.717) is 5.92 Å². The Balaban J connectivity index is 2.26. The van der Waals surface area contributed by atoms with Crippen molar-refractivity contribution >= 4 is 5.95 Å². The van der Waals surface area contributed by atoms with Gasteiger partial charge in [0.2, 0.25) is 5.95 Å². The lowest BCUT2D eigenvalue weighted by Gasteiger charge is -2.08. The van der Waals surface area contributed by atoms with Crippen LogP contribution in [0.2, 0.25) is 0 Å². The lowest BCUT2D eigenvalue weighted by Crippen LogP contribution is -2.09. The van der Waals surface area contributed by atoms with Gasteiger partial charge in [-0.05, 0) is 19.3 Å². The molecule has 0 unspecified atom stereocenters. The first-order valence-corrected chi connectivity index (χ1v) is 5.92. The molecule has 1 aromatic rings. The predicted molar refractivity (Wildman–Crippen MR) is 66.8 cm³/mol. The highest BCUT2D eigenvalue weighted by Gasteiger charge is 2.02. The van der Waals surface area contributed by atoms with Crippen molar-refractivity contribution in [1.29, 1.82) is 0 Å². The summed E-state index contributed by atoms with van der Waals surface area (Å²) in [5.41, 5.74) is 1.03. The number of nitrogens with one attached hydrogen (secondary N) is 1. The molecule has 1 N–H and O–H groups in total. The maximum absolute atomic E-state index is 5.58. The number of imidazole rings is 1. The first-order valence-electron chi connectivity index (χ1n) is 5.92.